The molecule has 0 aliphatic carbocycles. The molecular formula is C12H16ClNO. The van der Waals surface area contributed by atoms with Gasteiger partial charge in [0.25, 0.3) is 0 Å². The van der Waals surface area contributed by atoms with Crippen LogP contribution in [0.5, 0.6) is 5.75 Å². The normalized spacial score (nSPS) is 10.0. The van der Waals surface area contributed by atoms with Crippen LogP contribution in [-0.4, -0.2) is 13.2 Å². The molecule has 0 saturated heterocycles. The lowest BCUT2D eigenvalue weighted by Gasteiger charge is -2.11. The summed E-state index contributed by atoms with van der Waals surface area (Å²) in [5.41, 5.74) is 6.58. The highest BCUT2D eigenvalue weighted by molar-refractivity contribution is 6.32. The number of para-hydroxylation sites is 1. The fraction of sp³-hybridized carbons (Fsp3) is 0.333. The fourth-order valence-corrected chi connectivity index (χ4v) is 1.56. The highest BCUT2D eigenvalue weighted by Gasteiger charge is 2.06. The number of hydrogen-bond acceptors (Lipinski definition) is 2. The first-order chi connectivity index (χ1) is 7.29. The molecule has 0 fully saturated rings. The molecule has 1 rings (SSSR count). The lowest BCUT2D eigenvalue weighted by atomic mass is 10.1. The summed E-state index contributed by atoms with van der Waals surface area (Å²) in [6, 6.07) is 5.72. The zero-order valence-corrected chi connectivity index (χ0v) is 9.46. The summed E-state index contributed by atoms with van der Waals surface area (Å²) in [5.74, 6) is 0.756. The van der Waals surface area contributed by atoms with Crippen molar-refractivity contribution in [2.45, 2.75) is 12.8 Å². The molecule has 0 aliphatic rings. The molecule has 0 aromatic heterocycles. The average Bonchev–Trinajstić information content (AvgIpc) is 2.23. The van der Waals surface area contributed by atoms with Gasteiger partial charge in [0, 0.05) is 0 Å². The molecule has 2 nitrogen and oxygen atoms in total. The SMILES string of the molecule is C=CCCOc1c(Cl)cccc1CCN. The van der Waals surface area contributed by atoms with Crippen LogP contribution in [-0.2, 0) is 6.42 Å². The predicted molar refractivity (Wildman–Crippen MR) is 64.5 cm³/mol. The van der Waals surface area contributed by atoms with E-state index in [1.807, 2.05) is 24.3 Å². The van der Waals surface area contributed by atoms with Crippen molar-refractivity contribution in [3.8, 4) is 5.75 Å². The van der Waals surface area contributed by atoms with Crippen LogP contribution in [0.15, 0.2) is 30.9 Å². The first-order valence-corrected chi connectivity index (χ1v) is 5.38. The van der Waals surface area contributed by atoms with Crippen LogP contribution in [0.4, 0.5) is 0 Å². The van der Waals surface area contributed by atoms with Crippen molar-refractivity contribution >= 4 is 11.6 Å². The van der Waals surface area contributed by atoms with Crippen molar-refractivity contribution < 1.29 is 4.74 Å². The first-order valence-electron chi connectivity index (χ1n) is 5.00. The monoisotopic (exact) mass is 225 g/mol. The van der Waals surface area contributed by atoms with Crippen LogP contribution in [0.2, 0.25) is 5.02 Å². The number of halogens is 1. The molecule has 0 aliphatic heterocycles. The minimum absolute atomic E-state index is 0.595. The molecule has 0 radical (unpaired) electrons. The van der Waals surface area contributed by atoms with E-state index in [4.69, 9.17) is 22.1 Å². The second kappa shape index (κ2) is 6.49. The average molecular weight is 226 g/mol. The molecule has 0 saturated carbocycles. The summed E-state index contributed by atoms with van der Waals surface area (Å²) in [6.45, 7) is 4.84. The number of nitrogens with two attached hydrogens (primary N) is 1. The maximum Gasteiger partial charge on any atom is 0.141 e. The molecule has 0 atom stereocenters. The molecular weight excluding hydrogens is 210 g/mol. The van der Waals surface area contributed by atoms with Gasteiger partial charge in [0.2, 0.25) is 0 Å². The van der Waals surface area contributed by atoms with Crippen LogP contribution in [0.3, 0.4) is 0 Å². The van der Waals surface area contributed by atoms with Crippen LogP contribution in [0.1, 0.15) is 12.0 Å². The zero-order valence-electron chi connectivity index (χ0n) is 8.71. The van der Waals surface area contributed by atoms with E-state index in [1.54, 1.807) is 0 Å². The lowest BCUT2D eigenvalue weighted by Crippen LogP contribution is -2.06. The van der Waals surface area contributed by atoms with E-state index in [1.165, 1.54) is 0 Å². The lowest BCUT2D eigenvalue weighted by molar-refractivity contribution is 0.322. The van der Waals surface area contributed by atoms with Crippen molar-refractivity contribution in [2.75, 3.05) is 13.2 Å². The Morgan fingerprint density at radius 2 is 2.27 bits per heavy atom. The molecule has 0 heterocycles. The summed E-state index contributed by atoms with van der Waals surface area (Å²) in [5, 5.41) is 0.644. The summed E-state index contributed by atoms with van der Waals surface area (Å²) in [7, 11) is 0. The van der Waals surface area contributed by atoms with Crippen molar-refractivity contribution in [1.82, 2.24) is 0 Å². The maximum absolute atomic E-state index is 6.05. The van der Waals surface area contributed by atoms with Gasteiger partial charge in [-0.1, -0.05) is 29.8 Å². The third-order valence-electron chi connectivity index (χ3n) is 2.03. The molecule has 3 heteroatoms. The Labute approximate surface area is 95.7 Å². The number of hydrogen-bond donors (Lipinski definition) is 1. The van der Waals surface area contributed by atoms with Crippen molar-refractivity contribution in [2.24, 2.45) is 5.73 Å². The maximum atomic E-state index is 6.05. The van der Waals surface area contributed by atoms with Crippen molar-refractivity contribution in [3.63, 3.8) is 0 Å². The molecule has 0 spiro atoms. The standard InChI is InChI=1S/C12H16ClNO/c1-2-3-9-15-12-10(7-8-14)5-4-6-11(12)13/h2,4-6H,1,3,7-9,14H2. The molecule has 0 unspecified atom stereocenters. The fourth-order valence-electron chi connectivity index (χ4n) is 1.31. The minimum atomic E-state index is 0.595. The van der Waals surface area contributed by atoms with E-state index < -0.39 is 0 Å². The Morgan fingerprint density at radius 3 is 2.93 bits per heavy atom. The topological polar surface area (TPSA) is 35.2 Å². The van der Waals surface area contributed by atoms with Gasteiger partial charge in [-0.3, -0.25) is 0 Å². The van der Waals surface area contributed by atoms with Gasteiger partial charge in [0.15, 0.2) is 0 Å². The summed E-state index contributed by atoms with van der Waals surface area (Å²) >= 11 is 6.05. The van der Waals surface area contributed by atoms with Gasteiger partial charge in [-0.15, -0.1) is 6.58 Å². The highest BCUT2D eigenvalue weighted by atomic mass is 35.5. The van der Waals surface area contributed by atoms with Crippen LogP contribution in [0, 0.1) is 0 Å². The summed E-state index contributed by atoms with van der Waals surface area (Å²) in [6.07, 6.45) is 3.41. The minimum Gasteiger partial charge on any atom is -0.491 e. The van der Waals surface area contributed by atoms with E-state index in [0.717, 1.165) is 24.2 Å². The van der Waals surface area contributed by atoms with E-state index in [-0.39, 0.29) is 0 Å². The second-order valence-electron chi connectivity index (χ2n) is 3.19. The van der Waals surface area contributed by atoms with Gasteiger partial charge in [-0.05, 0) is 31.0 Å². The van der Waals surface area contributed by atoms with Gasteiger partial charge >= 0.3 is 0 Å². The van der Waals surface area contributed by atoms with Gasteiger partial charge in [0.1, 0.15) is 5.75 Å². The van der Waals surface area contributed by atoms with Crippen molar-refractivity contribution in [1.29, 1.82) is 0 Å². The van der Waals surface area contributed by atoms with E-state index in [9.17, 15) is 0 Å². The molecule has 82 valence electrons. The third kappa shape index (κ3) is 3.57. The van der Waals surface area contributed by atoms with Crippen LogP contribution < -0.4 is 10.5 Å². The Kier molecular flexibility index (Phi) is 5.22. The zero-order chi connectivity index (χ0) is 11.1. The molecule has 15 heavy (non-hydrogen) atoms. The van der Waals surface area contributed by atoms with Gasteiger partial charge < -0.3 is 10.5 Å². The Hall–Kier alpha value is -0.990. The molecule has 1 aromatic carbocycles. The van der Waals surface area contributed by atoms with Gasteiger partial charge in [0.05, 0.1) is 11.6 Å². The van der Waals surface area contributed by atoms with E-state index >= 15 is 0 Å². The van der Waals surface area contributed by atoms with Crippen LogP contribution in [0.25, 0.3) is 0 Å². The highest BCUT2D eigenvalue weighted by Crippen LogP contribution is 2.28. The predicted octanol–water partition coefficient (Wildman–Crippen LogP) is 2.80. The molecule has 1 aromatic rings. The van der Waals surface area contributed by atoms with Gasteiger partial charge in [-0.2, -0.15) is 0 Å². The Bertz CT molecular complexity index is 325. The molecule has 0 bridgehead atoms. The molecule has 2 N–H and O–H groups in total. The Morgan fingerprint density at radius 1 is 1.47 bits per heavy atom. The summed E-state index contributed by atoms with van der Waals surface area (Å²) in [4.78, 5) is 0. The number of benzene rings is 1. The number of rotatable bonds is 6. The molecule has 0 amide bonds. The largest absolute Gasteiger partial charge is 0.491 e. The van der Waals surface area contributed by atoms with Crippen molar-refractivity contribution in [3.05, 3.63) is 41.4 Å². The van der Waals surface area contributed by atoms with E-state index in [0.29, 0.717) is 18.2 Å². The Balaban J connectivity index is 2.76. The third-order valence-corrected chi connectivity index (χ3v) is 2.33. The smallest absolute Gasteiger partial charge is 0.141 e. The quantitative estimate of drug-likeness (QED) is 0.597. The van der Waals surface area contributed by atoms with Gasteiger partial charge in [-0.25, -0.2) is 0 Å². The summed E-state index contributed by atoms with van der Waals surface area (Å²) < 4.78 is 5.60. The first kappa shape index (κ1) is 12.1. The van der Waals surface area contributed by atoms with E-state index in [2.05, 4.69) is 6.58 Å². The number of ether oxygens (including phenoxy) is 1. The van der Waals surface area contributed by atoms with Crippen LogP contribution >= 0.6 is 11.6 Å². The second-order valence-corrected chi connectivity index (χ2v) is 3.60.